The number of nitrogens with two attached hydrogens (primary N) is 1. The molecule has 2 rings (SSSR count). The summed E-state index contributed by atoms with van der Waals surface area (Å²) in [6, 6.07) is 4.12. The summed E-state index contributed by atoms with van der Waals surface area (Å²) in [5.74, 6) is 1.11. The molecule has 4 heteroatoms. The van der Waals surface area contributed by atoms with E-state index in [0.29, 0.717) is 11.7 Å². The molecule has 0 radical (unpaired) electrons. The summed E-state index contributed by atoms with van der Waals surface area (Å²) in [6.07, 6.45) is 0. The van der Waals surface area contributed by atoms with Gasteiger partial charge >= 0.3 is 76.8 Å². The number of hydrogen-bond acceptors (Lipinski definition) is 2. The average molecular weight is 173 g/mol. The summed E-state index contributed by atoms with van der Waals surface area (Å²) in [6.45, 7) is 6.42. The number of aromatic amines is 1. The molecule has 2 aromatic rings. The van der Waals surface area contributed by atoms with Crippen LogP contribution in [0.1, 0.15) is 25.2 Å². The van der Waals surface area contributed by atoms with Crippen molar-refractivity contribution in [2.45, 2.75) is 19.8 Å². The van der Waals surface area contributed by atoms with Crippen LogP contribution in [0, 0.1) is 0 Å². The predicted molar refractivity (Wildman–Crippen MR) is 55.9 cm³/mol. The van der Waals surface area contributed by atoms with E-state index in [1.54, 1.807) is 0 Å². The van der Waals surface area contributed by atoms with Crippen LogP contribution in [0.25, 0.3) is 10.8 Å². The fraction of sp³-hybridized carbons (Fsp3) is 0.333. The van der Waals surface area contributed by atoms with Crippen LogP contribution in [0.15, 0.2) is 12.1 Å². The van der Waals surface area contributed by atoms with E-state index in [0.717, 1.165) is 10.8 Å². The summed E-state index contributed by atoms with van der Waals surface area (Å²) >= 11 is 0. The molecule has 66 valence electrons. The number of aromatic nitrogens is 2. The van der Waals surface area contributed by atoms with Gasteiger partial charge in [0.1, 0.15) is 0 Å². The zero-order valence-electron chi connectivity index (χ0n) is 7.83. The van der Waals surface area contributed by atoms with Crippen LogP contribution in [-0.4, -0.2) is 17.1 Å². The van der Waals surface area contributed by atoms with Crippen LogP contribution in [0.4, 0.5) is 5.82 Å². The van der Waals surface area contributed by atoms with Gasteiger partial charge in [-0.25, -0.2) is 0 Å². The minimum absolute atomic E-state index is 0.527. The van der Waals surface area contributed by atoms with Crippen LogP contribution >= 0.6 is 0 Å². The van der Waals surface area contributed by atoms with Gasteiger partial charge in [0.2, 0.25) is 0 Å². The molecule has 0 amide bonds. The molecule has 0 aromatic carbocycles. The molecule has 0 fully saturated rings. The number of rotatable bonds is 1. The van der Waals surface area contributed by atoms with E-state index >= 15 is 0 Å². The Bertz CT molecular complexity index is 433. The molecule has 0 aliphatic rings. The zero-order chi connectivity index (χ0) is 9.42. The van der Waals surface area contributed by atoms with Gasteiger partial charge < -0.3 is 0 Å². The second-order valence-corrected chi connectivity index (χ2v) is 3.57. The van der Waals surface area contributed by atoms with Crippen LogP contribution in [0.2, 0.25) is 0 Å². The van der Waals surface area contributed by atoms with Crippen LogP contribution in [-0.2, 0) is 0 Å². The first-order valence-electron chi connectivity index (χ1n) is 4.42. The molecule has 3 nitrogen and oxygen atoms in total. The Kier molecular flexibility index (Phi) is 1.83. The van der Waals surface area contributed by atoms with Gasteiger partial charge in [-0.1, -0.05) is 0 Å². The van der Waals surface area contributed by atoms with Crippen LogP contribution in [0.5, 0.6) is 0 Å². The van der Waals surface area contributed by atoms with E-state index in [4.69, 9.17) is 5.73 Å². The fourth-order valence-corrected chi connectivity index (χ4v) is 1.41. The third-order valence-corrected chi connectivity index (χ3v) is 2.28. The molecule has 0 saturated heterocycles. The molecule has 0 saturated carbocycles. The first-order valence-corrected chi connectivity index (χ1v) is 4.42. The van der Waals surface area contributed by atoms with Crippen molar-refractivity contribution < 1.29 is 0 Å². The number of nitrogen functional groups attached to an aromatic ring is 1. The van der Waals surface area contributed by atoms with Gasteiger partial charge in [0, 0.05) is 0 Å². The molecule has 0 atom stereocenters. The van der Waals surface area contributed by atoms with Crippen molar-refractivity contribution in [2.75, 3.05) is 5.73 Å². The zero-order valence-corrected chi connectivity index (χ0v) is 7.83. The van der Waals surface area contributed by atoms with Crippen molar-refractivity contribution in [1.82, 2.24) is 10.2 Å². The Morgan fingerprint density at radius 1 is 1.46 bits per heavy atom. The predicted octanol–water partition coefficient (Wildman–Crippen LogP) is 1.61. The summed E-state index contributed by atoms with van der Waals surface area (Å²) in [5.41, 5.74) is 8.00. The topological polar surface area (TPSA) is 54.7 Å². The van der Waals surface area contributed by atoms with Gasteiger partial charge in [-0.2, -0.15) is 0 Å². The second-order valence-electron chi connectivity index (χ2n) is 3.57. The molecular formula is C9H12BN3. The normalized spacial score (nSPS) is 11.0. The summed E-state index contributed by atoms with van der Waals surface area (Å²) in [4.78, 5) is 0. The van der Waals surface area contributed by atoms with Gasteiger partial charge in [-0.3, -0.25) is 0 Å². The Morgan fingerprint density at radius 3 is 2.92 bits per heavy atom. The van der Waals surface area contributed by atoms with Gasteiger partial charge in [0.05, 0.1) is 0 Å². The van der Waals surface area contributed by atoms with Gasteiger partial charge in [0.15, 0.2) is 0 Å². The van der Waals surface area contributed by atoms with Crippen molar-refractivity contribution in [2.24, 2.45) is 0 Å². The molecule has 3 N–H and O–H groups in total. The minimum atomic E-state index is 0.527. The van der Waals surface area contributed by atoms with Crippen LogP contribution < -0.4 is 5.73 Å². The third-order valence-electron chi connectivity index (χ3n) is 2.28. The fourth-order valence-electron chi connectivity index (χ4n) is 1.41. The van der Waals surface area contributed by atoms with Gasteiger partial charge in [-0.15, -0.1) is 0 Å². The number of fused-ring (bicyclic) bond motifs is 1. The van der Waals surface area contributed by atoms with Crippen molar-refractivity contribution in [3.05, 3.63) is 17.6 Å². The molecule has 0 aliphatic carbocycles. The number of nitrogens with zero attached hydrogens (tertiary/aromatic N) is 1. The molecule has 0 bridgehead atoms. The Hall–Kier alpha value is -1.32. The number of anilines is 1. The van der Waals surface area contributed by atoms with E-state index in [1.807, 2.05) is 6.07 Å². The molecule has 13 heavy (non-hydrogen) atoms. The average Bonchev–Trinajstić information content (AvgIpc) is 2.47. The van der Waals surface area contributed by atoms with Crippen molar-refractivity contribution in [3.63, 3.8) is 0 Å². The first-order chi connectivity index (χ1) is 6.18. The van der Waals surface area contributed by atoms with Crippen LogP contribution in [0.3, 0.4) is 0 Å². The number of hydrogen-bond donors (Lipinski definition) is 2. The van der Waals surface area contributed by atoms with Gasteiger partial charge in [0.25, 0.3) is 0 Å². The Labute approximate surface area is 77.5 Å². The second kappa shape index (κ2) is 2.87. The maximum atomic E-state index is 5.70. The molecule has 0 spiro atoms. The SMILES string of the molecule is CC(C)c1bc2c(N)n[nH]c2cc1. The summed E-state index contributed by atoms with van der Waals surface area (Å²) in [7, 11) is 0. The summed E-state index contributed by atoms with van der Waals surface area (Å²) < 4.78 is 0. The molecule has 2 aromatic heterocycles. The van der Waals surface area contributed by atoms with Gasteiger partial charge in [-0.05, 0) is 0 Å². The van der Waals surface area contributed by atoms with E-state index in [1.165, 1.54) is 5.46 Å². The molecular weight excluding hydrogens is 161 g/mol. The third kappa shape index (κ3) is 1.32. The van der Waals surface area contributed by atoms with E-state index in [9.17, 15) is 0 Å². The number of H-pyrrole nitrogens is 1. The molecule has 2 heterocycles. The van der Waals surface area contributed by atoms with E-state index in [2.05, 4.69) is 37.0 Å². The Balaban J connectivity index is 2.66. The van der Waals surface area contributed by atoms with E-state index in [-0.39, 0.29) is 0 Å². The van der Waals surface area contributed by atoms with E-state index < -0.39 is 0 Å². The summed E-state index contributed by atoms with van der Waals surface area (Å²) in [5, 5.41) is 7.85. The first kappa shape index (κ1) is 8.29. The Morgan fingerprint density at radius 2 is 2.23 bits per heavy atom. The standard InChI is InChI=1S/C9H12BN3/c1-5(2)6-3-4-7-8(10-6)9(11)13-12-7/h3-5H,1-2H3,(H3,11,12,13). The monoisotopic (exact) mass is 173 g/mol. The van der Waals surface area contributed by atoms with Crippen molar-refractivity contribution >= 4 is 23.5 Å². The van der Waals surface area contributed by atoms with Crippen molar-refractivity contribution in [3.8, 4) is 0 Å². The molecule has 0 aliphatic heterocycles. The molecule has 0 unspecified atom stereocenters. The maximum absolute atomic E-state index is 5.70. The van der Waals surface area contributed by atoms with Crippen molar-refractivity contribution in [1.29, 1.82) is 0 Å². The quantitative estimate of drug-likeness (QED) is 0.688. The number of nitrogens with one attached hydrogen (secondary N) is 1.